The van der Waals surface area contributed by atoms with Crippen LogP contribution < -0.4 is 15.4 Å². The molecule has 31 heavy (non-hydrogen) atoms. The molecule has 0 radical (unpaired) electrons. The molecule has 0 spiro atoms. The first-order valence-electron chi connectivity index (χ1n) is 8.29. The Labute approximate surface area is 174 Å². The van der Waals surface area contributed by atoms with Crippen LogP contribution in [0.5, 0.6) is 5.75 Å². The van der Waals surface area contributed by atoms with E-state index in [1.54, 1.807) is 0 Å². The molecule has 164 valence electrons. The van der Waals surface area contributed by atoms with Crippen molar-refractivity contribution in [2.24, 2.45) is 5.73 Å². The van der Waals surface area contributed by atoms with Crippen molar-refractivity contribution in [2.45, 2.75) is 12.5 Å². The van der Waals surface area contributed by atoms with Gasteiger partial charge in [0.05, 0.1) is 16.8 Å². The second kappa shape index (κ2) is 8.06. The number of nitrogens with zero attached hydrogens (tertiary/aromatic N) is 3. The molecular formula is C18H12F6N4O2S. The highest BCUT2D eigenvalue weighted by atomic mass is 32.1. The highest BCUT2D eigenvalue weighted by Gasteiger charge is 2.34. The molecule has 2 heterocycles. The normalized spacial score (nSPS) is 12.0. The second-order valence-electron chi connectivity index (χ2n) is 6.04. The molecule has 0 atom stereocenters. The highest BCUT2D eigenvalue weighted by molar-refractivity contribution is 7.19. The smallest absolute Gasteiger partial charge is 0.405 e. The van der Waals surface area contributed by atoms with Gasteiger partial charge >= 0.3 is 12.5 Å². The first kappa shape index (κ1) is 22.3. The number of primary amides is 1. The molecule has 13 heteroatoms. The van der Waals surface area contributed by atoms with Crippen LogP contribution in [-0.4, -0.2) is 29.3 Å². The van der Waals surface area contributed by atoms with Gasteiger partial charge in [0.1, 0.15) is 17.1 Å². The number of thiazole rings is 1. The quantitative estimate of drug-likeness (QED) is 0.541. The summed E-state index contributed by atoms with van der Waals surface area (Å²) in [6, 6.07) is 7.02. The number of anilines is 2. The van der Waals surface area contributed by atoms with Crippen molar-refractivity contribution in [1.29, 1.82) is 0 Å². The largest absolute Gasteiger partial charge is 0.573 e. The Hall–Kier alpha value is -3.35. The summed E-state index contributed by atoms with van der Waals surface area (Å²) in [4.78, 5) is 20.6. The van der Waals surface area contributed by atoms with E-state index in [0.29, 0.717) is 0 Å². The number of carbonyl (C=O) groups is 1. The third-order valence-electron chi connectivity index (χ3n) is 3.92. The summed E-state index contributed by atoms with van der Waals surface area (Å²) in [5.41, 5.74) is 4.05. The summed E-state index contributed by atoms with van der Waals surface area (Å²) in [6.07, 6.45) is -8.64. The minimum absolute atomic E-state index is 0.00840. The minimum atomic E-state index is -4.97. The van der Waals surface area contributed by atoms with Gasteiger partial charge in [-0.05, 0) is 24.3 Å². The summed E-state index contributed by atoms with van der Waals surface area (Å²) in [6.45, 7) is 0. The predicted octanol–water partition coefficient (Wildman–Crippen LogP) is 4.99. The Morgan fingerprint density at radius 3 is 2.32 bits per heavy atom. The topological polar surface area (TPSA) is 81.3 Å². The number of aromatic nitrogens is 2. The van der Waals surface area contributed by atoms with Crippen LogP contribution in [0.4, 0.5) is 37.2 Å². The van der Waals surface area contributed by atoms with E-state index in [1.807, 2.05) is 0 Å². The molecule has 0 fully saturated rings. The zero-order valence-corrected chi connectivity index (χ0v) is 16.3. The number of hydrogen-bond donors (Lipinski definition) is 1. The lowest BCUT2D eigenvalue weighted by Gasteiger charge is -2.16. The van der Waals surface area contributed by atoms with Crippen molar-refractivity contribution in [3.8, 4) is 16.2 Å². The van der Waals surface area contributed by atoms with Gasteiger partial charge in [0.15, 0.2) is 5.13 Å². The third kappa shape index (κ3) is 5.05. The van der Waals surface area contributed by atoms with Gasteiger partial charge in [0.25, 0.3) is 5.91 Å². The summed E-state index contributed by atoms with van der Waals surface area (Å²) in [5.74, 6) is -1.56. The van der Waals surface area contributed by atoms with E-state index in [1.165, 1.54) is 30.1 Å². The Morgan fingerprint density at radius 1 is 1.10 bits per heavy atom. The average Bonchev–Trinajstić information content (AvgIpc) is 3.11. The van der Waals surface area contributed by atoms with Crippen molar-refractivity contribution in [2.75, 3.05) is 11.9 Å². The number of halogens is 6. The lowest BCUT2D eigenvalue weighted by molar-refractivity contribution is -0.274. The lowest BCUT2D eigenvalue weighted by Crippen LogP contribution is -2.18. The molecule has 0 aliphatic rings. The van der Waals surface area contributed by atoms with E-state index in [4.69, 9.17) is 5.73 Å². The van der Waals surface area contributed by atoms with Crippen LogP contribution in [0.15, 0.2) is 42.6 Å². The zero-order valence-electron chi connectivity index (χ0n) is 15.5. The maximum absolute atomic E-state index is 12.7. The Bertz CT molecular complexity index is 1100. The molecule has 3 rings (SSSR count). The van der Waals surface area contributed by atoms with E-state index in [0.717, 1.165) is 35.7 Å². The fourth-order valence-corrected chi connectivity index (χ4v) is 3.62. The van der Waals surface area contributed by atoms with E-state index < -0.39 is 29.9 Å². The van der Waals surface area contributed by atoms with Gasteiger partial charge in [-0.3, -0.25) is 4.79 Å². The minimum Gasteiger partial charge on any atom is -0.405 e. The maximum Gasteiger partial charge on any atom is 0.573 e. The molecule has 1 amide bonds. The number of hydrogen-bond acceptors (Lipinski definition) is 6. The number of para-hydroxylation sites is 1. The number of ether oxygens (including phenoxy) is 1. The first-order chi connectivity index (χ1) is 14.4. The van der Waals surface area contributed by atoms with E-state index in [9.17, 15) is 31.1 Å². The van der Waals surface area contributed by atoms with Gasteiger partial charge in [-0.15, -0.1) is 13.2 Å². The second-order valence-corrected chi connectivity index (χ2v) is 7.02. The van der Waals surface area contributed by atoms with Crippen molar-refractivity contribution < 1.29 is 35.9 Å². The number of pyridine rings is 1. The van der Waals surface area contributed by atoms with Gasteiger partial charge in [-0.1, -0.05) is 23.5 Å². The highest BCUT2D eigenvalue weighted by Crippen LogP contribution is 2.42. The third-order valence-corrected chi connectivity index (χ3v) is 5.08. The van der Waals surface area contributed by atoms with Crippen LogP contribution in [0.1, 0.15) is 16.2 Å². The Morgan fingerprint density at radius 2 is 1.77 bits per heavy atom. The van der Waals surface area contributed by atoms with Crippen LogP contribution in [0.3, 0.4) is 0 Å². The van der Waals surface area contributed by atoms with Crippen molar-refractivity contribution in [3.63, 3.8) is 0 Å². The molecule has 2 N–H and O–H groups in total. The lowest BCUT2D eigenvalue weighted by atomic mass is 10.1. The molecule has 0 saturated heterocycles. The van der Waals surface area contributed by atoms with E-state index >= 15 is 0 Å². The van der Waals surface area contributed by atoms with E-state index in [-0.39, 0.29) is 27.0 Å². The predicted molar refractivity (Wildman–Crippen MR) is 100 cm³/mol. The number of alkyl halides is 6. The summed E-state index contributed by atoms with van der Waals surface area (Å²) in [7, 11) is 1.44. The van der Waals surface area contributed by atoms with Crippen LogP contribution in [0, 0.1) is 0 Å². The maximum atomic E-state index is 12.7. The summed E-state index contributed by atoms with van der Waals surface area (Å²) >= 11 is 0.810. The molecule has 0 saturated carbocycles. The van der Waals surface area contributed by atoms with Crippen LogP contribution in [0.25, 0.3) is 10.4 Å². The van der Waals surface area contributed by atoms with Crippen LogP contribution in [-0.2, 0) is 6.18 Å². The number of amides is 1. The first-order valence-corrected chi connectivity index (χ1v) is 9.11. The molecular weight excluding hydrogens is 450 g/mol. The Kier molecular flexibility index (Phi) is 5.81. The van der Waals surface area contributed by atoms with Gasteiger partial charge in [-0.25, -0.2) is 9.97 Å². The molecule has 6 nitrogen and oxygen atoms in total. The van der Waals surface area contributed by atoms with Crippen molar-refractivity contribution >= 4 is 28.1 Å². The fraction of sp³-hybridized carbons (Fsp3) is 0.167. The number of nitrogens with two attached hydrogens (primary N) is 1. The summed E-state index contributed by atoms with van der Waals surface area (Å²) < 4.78 is 80.4. The van der Waals surface area contributed by atoms with E-state index in [2.05, 4.69) is 14.7 Å². The fourth-order valence-electron chi connectivity index (χ4n) is 2.53. The Balaban J connectivity index is 2.03. The van der Waals surface area contributed by atoms with Gasteiger partial charge < -0.3 is 15.4 Å². The van der Waals surface area contributed by atoms with Crippen molar-refractivity contribution in [3.05, 3.63) is 54.0 Å². The molecule has 0 aliphatic heterocycles. The molecule has 3 aromatic rings. The molecule has 2 aromatic heterocycles. The monoisotopic (exact) mass is 462 g/mol. The number of carbonyl (C=O) groups excluding carboxylic acids is 1. The molecule has 1 aromatic carbocycles. The van der Waals surface area contributed by atoms with Crippen LogP contribution >= 0.6 is 11.3 Å². The zero-order chi connectivity index (χ0) is 23.0. The number of rotatable bonds is 5. The van der Waals surface area contributed by atoms with Gasteiger partial charge in [0, 0.05) is 12.6 Å². The summed E-state index contributed by atoms with van der Waals surface area (Å²) in [5, 5.41) is 0.0900. The standard InChI is InChI=1S/C18H12F6N4O2S/c1-28(9-6-7-12(26-8-9)17(19,20)21)16-27-13(15(25)29)14(31-16)10-4-2-3-5-11(10)30-18(22,23)24/h2-8H,1H3,(H2,25,29). The molecule has 0 unspecified atom stereocenters. The van der Waals surface area contributed by atoms with Gasteiger partial charge in [0.2, 0.25) is 0 Å². The van der Waals surface area contributed by atoms with Gasteiger partial charge in [-0.2, -0.15) is 13.2 Å². The molecule has 0 bridgehead atoms. The molecule has 0 aliphatic carbocycles. The number of benzene rings is 1. The SMILES string of the molecule is CN(c1ccc(C(F)(F)F)nc1)c1nc(C(N)=O)c(-c2ccccc2OC(F)(F)F)s1. The van der Waals surface area contributed by atoms with Crippen molar-refractivity contribution in [1.82, 2.24) is 9.97 Å². The van der Waals surface area contributed by atoms with Crippen LogP contribution in [0.2, 0.25) is 0 Å². The average molecular weight is 462 g/mol.